The fourth-order valence-electron chi connectivity index (χ4n) is 1.46. The molecule has 0 spiro atoms. The number of carbonyl (C=O) groups excluding carboxylic acids is 1. The van der Waals surface area contributed by atoms with Gasteiger partial charge in [-0.25, -0.2) is 4.39 Å². The van der Waals surface area contributed by atoms with Crippen molar-refractivity contribution in [3.63, 3.8) is 0 Å². The van der Waals surface area contributed by atoms with Crippen LogP contribution in [-0.2, 0) is 5.75 Å². The Morgan fingerprint density at radius 2 is 1.89 bits per heavy atom. The Hall–Kier alpha value is -1.13. The molecule has 0 radical (unpaired) electrons. The van der Waals surface area contributed by atoms with E-state index in [4.69, 9.17) is 0 Å². The van der Waals surface area contributed by atoms with E-state index in [0.717, 1.165) is 16.7 Å². The molecule has 0 saturated heterocycles. The van der Waals surface area contributed by atoms with Crippen molar-refractivity contribution in [3.05, 3.63) is 63.9 Å². The van der Waals surface area contributed by atoms with Crippen molar-refractivity contribution >= 4 is 34.0 Å². The molecule has 18 heavy (non-hydrogen) atoms. The van der Waals surface area contributed by atoms with Gasteiger partial charge in [-0.2, -0.15) is 0 Å². The molecule has 0 fully saturated rings. The third kappa shape index (κ3) is 3.21. The first kappa shape index (κ1) is 13.3. The highest BCUT2D eigenvalue weighted by Crippen LogP contribution is 2.28. The number of benzene rings is 2. The van der Waals surface area contributed by atoms with Crippen molar-refractivity contribution in [2.45, 2.75) is 10.6 Å². The van der Waals surface area contributed by atoms with Crippen LogP contribution in [0.15, 0.2) is 51.8 Å². The third-order valence-electron chi connectivity index (χ3n) is 2.44. The van der Waals surface area contributed by atoms with Gasteiger partial charge in [0.15, 0.2) is 0 Å². The molecule has 0 saturated carbocycles. The highest BCUT2D eigenvalue weighted by atomic mass is 79.9. The van der Waals surface area contributed by atoms with Gasteiger partial charge in [0.1, 0.15) is 12.1 Å². The first-order chi connectivity index (χ1) is 8.70. The van der Waals surface area contributed by atoms with Crippen molar-refractivity contribution < 1.29 is 9.18 Å². The zero-order chi connectivity index (χ0) is 13.0. The van der Waals surface area contributed by atoms with E-state index in [1.807, 2.05) is 18.2 Å². The van der Waals surface area contributed by atoms with Gasteiger partial charge < -0.3 is 0 Å². The smallest absolute Gasteiger partial charge is 0.150 e. The Bertz CT molecular complexity index is 554. The van der Waals surface area contributed by atoms with Gasteiger partial charge in [0.05, 0.1) is 4.47 Å². The molecule has 0 aliphatic carbocycles. The van der Waals surface area contributed by atoms with Gasteiger partial charge in [-0.3, -0.25) is 4.79 Å². The largest absolute Gasteiger partial charge is 0.298 e. The summed E-state index contributed by atoms with van der Waals surface area (Å²) in [7, 11) is 0. The van der Waals surface area contributed by atoms with Gasteiger partial charge in [0.2, 0.25) is 0 Å². The van der Waals surface area contributed by atoms with E-state index in [2.05, 4.69) is 15.9 Å². The molecule has 4 heteroatoms. The lowest BCUT2D eigenvalue weighted by molar-refractivity contribution is 0.112. The lowest BCUT2D eigenvalue weighted by Crippen LogP contribution is -1.87. The summed E-state index contributed by atoms with van der Waals surface area (Å²) in [4.78, 5) is 11.6. The second-order valence-corrected chi connectivity index (χ2v) is 5.53. The molecule has 0 N–H and O–H groups in total. The summed E-state index contributed by atoms with van der Waals surface area (Å²) in [5, 5.41) is 0. The molecule has 0 amide bonds. The minimum Gasteiger partial charge on any atom is -0.298 e. The minimum atomic E-state index is -0.246. The van der Waals surface area contributed by atoms with Crippen LogP contribution in [0.4, 0.5) is 4.39 Å². The van der Waals surface area contributed by atoms with E-state index < -0.39 is 0 Å². The predicted octanol–water partition coefficient (Wildman–Crippen LogP) is 4.69. The molecular weight excluding hydrogens is 315 g/mol. The Morgan fingerprint density at radius 3 is 2.56 bits per heavy atom. The molecule has 0 aromatic heterocycles. The van der Waals surface area contributed by atoms with E-state index in [-0.39, 0.29) is 5.82 Å². The first-order valence-electron chi connectivity index (χ1n) is 5.31. The zero-order valence-corrected chi connectivity index (χ0v) is 11.8. The van der Waals surface area contributed by atoms with Crippen molar-refractivity contribution in [1.82, 2.24) is 0 Å². The number of thioether (sulfide) groups is 1. The summed E-state index contributed by atoms with van der Waals surface area (Å²) in [6.07, 6.45) is 0.817. The Morgan fingerprint density at radius 1 is 1.17 bits per heavy atom. The zero-order valence-electron chi connectivity index (χ0n) is 9.40. The number of rotatable bonds is 4. The summed E-state index contributed by atoms with van der Waals surface area (Å²) < 4.78 is 13.8. The van der Waals surface area contributed by atoms with Crippen LogP contribution in [-0.4, -0.2) is 6.29 Å². The van der Waals surface area contributed by atoms with Gasteiger partial charge >= 0.3 is 0 Å². The lowest BCUT2D eigenvalue weighted by Gasteiger charge is -2.05. The van der Waals surface area contributed by atoms with Crippen LogP contribution in [0.2, 0.25) is 0 Å². The maximum absolute atomic E-state index is 13.3. The molecule has 0 aliphatic heterocycles. The number of aldehydes is 1. The summed E-state index contributed by atoms with van der Waals surface area (Å²) in [6, 6.07) is 12.3. The summed E-state index contributed by atoms with van der Waals surface area (Å²) in [6.45, 7) is 0. The normalized spacial score (nSPS) is 10.3. The molecule has 2 rings (SSSR count). The standard InChI is InChI=1S/C14H10BrFOS/c15-14-11(2-1-3-13(14)16)9-18-12-6-4-10(8-17)5-7-12/h1-8H,9H2. The van der Waals surface area contributed by atoms with Crippen LogP contribution in [0.25, 0.3) is 0 Å². The van der Waals surface area contributed by atoms with Crippen LogP contribution in [0.5, 0.6) is 0 Å². The van der Waals surface area contributed by atoms with Crippen molar-refractivity contribution in [2.75, 3.05) is 0 Å². The molecule has 0 unspecified atom stereocenters. The Labute approximate surface area is 118 Å². The first-order valence-corrected chi connectivity index (χ1v) is 7.09. The van der Waals surface area contributed by atoms with Crippen molar-refractivity contribution in [1.29, 1.82) is 0 Å². The average molecular weight is 325 g/mol. The fourth-order valence-corrected chi connectivity index (χ4v) is 2.94. The van der Waals surface area contributed by atoms with Crippen LogP contribution < -0.4 is 0 Å². The van der Waals surface area contributed by atoms with Crippen LogP contribution in [0.1, 0.15) is 15.9 Å². The summed E-state index contributed by atoms with van der Waals surface area (Å²) >= 11 is 4.84. The summed E-state index contributed by atoms with van der Waals surface area (Å²) in [5.41, 5.74) is 1.57. The Balaban J connectivity index is 2.06. The van der Waals surface area contributed by atoms with Crippen LogP contribution in [0.3, 0.4) is 0 Å². The van der Waals surface area contributed by atoms with Crippen molar-refractivity contribution in [3.8, 4) is 0 Å². The summed E-state index contributed by atoms with van der Waals surface area (Å²) in [5.74, 6) is 0.433. The van der Waals surface area contributed by atoms with Crippen LogP contribution >= 0.6 is 27.7 Å². The van der Waals surface area contributed by atoms with E-state index in [9.17, 15) is 9.18 Å². The van der Waals surface area contributed by atoms with Gasteiger partial charge in [-0.05, 0) is 39.7 Å². The molecule has 0 aliphatic rings. The van der Waals surface area contributed by atoms with E-state index in [0.29, 0.717) is 15.8 Å². The topological polar surface area (TPSA) is 17.1 Å². The number of halogens is 2. The quantitative estimate of drug-likeness (QED) is 0.599. The highest BCUT2D eigenvalue weighted by molar-refractivity contribution is 9.10. The monoisotopic (exact) mass is 324 g/mol. The molecule has 2 aromatic carbocycles. The molecular formula is C14H10BrFOS. The third-order valence-corrected chi connectivity index (χ3v) is 4.39. The van der Waals surface area contributed by atoms with E-state index >= 15 is 0 Å². The average Bonchev–Trinajstić information content (AvgIpc) is 2.41. The molecule has 1 nitrogen and oxygen atoms in total. The maximum atomic E-state index is 13.3. The maximum Gasteiger partial charge on any atom is 0.150 e. The van der Waals surface area contributed by atoms with E-state index in [1.165, 1.54) is 6.07 Å². The van der Waals surface area contributed by atoms with Crippen molar-refractivity contribution in [2.24, 2.45) is 0 Å². The number of carbonyl (C=O) groups is 1. The van der Waals surface area contributed by atoms with Crippen LogP contribution in [0, 0.1) is 5.82 Å². The minimum absolute atomic E-state index is 0.246. The molecule has 0 heterocycles. The van der Waals surface area contributed by atoms with Gasteiger partial charge in [0.25, 0.3) is 0 Å². The number of hydrogen-bond donors (Lipinski definition) is 0. The molecule has 0 atom stereocenters. The molecule has 92 valence electrons. The highest BCUT2D eigenvalue weighted by Gasteiger charge is 2.05. The molecule has 0 bridgehead atoms. The Kier molecular flexibility index (Phi) is 4.55. The predicted molar refractivity (Wildman–Crippen MR) is 75.5 cm³/mol. The van der Waals surface area contributed by atoms with E-state index in [1.54, 1.807) is 30.0 Å². The van der Waals surface area contributed by atoms with Gasteiger partial charge in [-0.15, -0.1) is 11.8 Å². The molecule has 2 aromatic rings. The lowest BCUT2D eigenvalue weighted by atomic mass is 10.2. The second kappa shape index (κ2) is 6.16. The van der Waals surface area contributed by atoms with Gasteiger partial charge in [-0.1, -0.05) is 24.3 Å². The van der Waals surface area contributed by atoms with Gasteiger partial charge in [0, 0.05) is 16.2 Å². The SMILES string of the molecule is O=Cc1ccc(SCc2cccc(F)c2Br)cc1. The number of hydrogen-bond acceptors (Lipinski definition) is 2. The fraction of sp³-hybridized carbons (Fsp3) is 0.0714. The second-order valence-electron chi connectivity index (χ2n) is 3.69.